The van der Waals surface area contributed by atoms with Crippen LogP contribution in [0, 0.1) is 18.3 Å². The lowest BCUT2D eigenvalue weighted by molar-refractivity contribution is -0.314. The molecule has 1 saturated carbocycles. The molecule has 0 radical (unpaired) electrons. The number of carbonyl (C=O) groups is 3. The molecule has 0 N–H and O–H groups in total. The van der Waals surface area contributed by atoms with Gasteiger partial charge in [-0.25, -0.2) is 4.79 Å². The van der Waals surface area contributed by atoms with Crippen LogP contribution < -0.4 is 0 Å². The third kappa shape index (κ3) is 2.93. The van der Waals surface area contributed by atoms with Crippen LogP contribution >= 0.6 is 0 Å². The Morgan fingerprint density at radius 1 is 1.12 bits per heavy atom. The van der Waals surface area contributed by atoms with Crippen molar-refractivity contribution in [1.82, 2.24) is 0 Å². The van der Waals surface area contributed by atoms with Crippen molar-refractivity contribution >= 4 is 17.7 Å². The molecule has 2 aromatic rings. The molecule has 0 amide bonds. The fourth-order valence-corrected chi connectivity index (χ4v) is 5.88. The summed E-state index contributed by atoms with van der Waals surface area (Å²) in [4.78, 5) is 39.1. The monoisotopic (exact) mass is 434 g/mol. The number of hydrogen-bond donors (Lipinski definition) is 0. The van der Waals surface area contributed by atoms with E-state index in [0.29, 0.717) is 29.5 Å². The molecule has 6 heteroatoms. The van der Waals surface area contributed by atoms with E-state index in [-0.39, 0.29) is 18.5 Å². The molecule has 6 nitrogen and oxygen atoms in total. The second kappa shape index (κ2) is 7.27. The molecule has 3 aliphatic rings. The summed E-state index contributed by atoms with van der Waals surface area (Å²) in [5.74, 6) is -1.44. The van der Waals surface area contributed by atoms with Crippen LogP contribution in [-0.2, 0) is 19.0 Å². The summed E-state index contributed by atoms with van der Waals surface area (Å²) in [6, 6.07) is 14.4. The lowest BCUT2D eigenvalue weighted by atomic mass is 9.50. The van der Waals surface area contributed by atoms with Gasteiger partial charge in [-0.2, -0.15) is 0 Å². The van der Waals surface area contributed by atoms with Crippen LogP contribution in [0.15, 0.2) is 48.5 Å². The van der Waals surface area contributed by atoms with Gasteiger partial charge in [0.15, 0.2) is 11.4 Å². The first-order valence-corrected chi connectivity index (χ1v) is 11.0. The number of hydrogen-bond acceptors (Lipinski definition) is 6. The minimum atomic E-state index is -1.00. The zero-order valence-electron chi connectivity index (χ0n) is 18.4. The van der Waals surface area contributed by atoms with Crippen molar-refractivity contribution in [3.8, 4) is 0 Å². The van der Waals surface area contributed by atoms with Crippen LogP contribution in [0.1, 0.15) is 64.6 Å². The largest absolute Gasteiger partial charge is 0.453 e. The Balaban J connectivity index is 1.67. The number of fused-ring (bicyclic) bond motifs is 4. The number of benzene rings is 2. The first-order valence-electron chi connectivity index (χ1n) is 11.0. The number of Topliss-reactive ketones (excluding diaryl/α,β-unsaturated/α-hetero) is 1. The predicted octanol–water partition coefficient (Wildman–Crippen LogP) is 4.21. The summed E-state index contributed by atoms with van der Waals surface area (Å²) in [5.41, 5.74) is 0.772. The van der Waals surface area contributed by atoms with Gasteiger partial charge in [-0.15, -0.1) is 0 Å². The van der Waals surface area contributed by atoms with E-state index in [1.54, 1.807) is 24.3 Å². The Morgan fingerprint density at radius 3 is 2.53 bits per heavy atom. The van der Waals surface area contributed by atoms with E-state index in [1.165, 1.54) is 6.92 Å². The third-order valence-electron chi connectivity index (χ3n) is 7.35. The summed E-state index contributed by atoms with van der Waals surface area (Å²) >= 11 is 0. The maximum Gasteiger partial charge on any atom is 0.338 e. The summed E-state index contributed by atoms with van der Waals surface area (Å²) in [6.45, 7) is 5.40. The van der Waals surface area contributed by atoms with Gasteiger partial charge >= 0.3 is 11.9 Å². The van der Waals surface area contributed by atoms with Crippen LogP contribution in [-0.4, -0.2) is 36.0 Å². The first kappa shape index (κ1) is 20.9. The van der Waals surface area contributed by atoms with E-state index in [0.717, 1.165) is 5.56 Å². The normalized spacial score (nSPS) is 32.6. The Morgan fingerprint density at radius 2 is 1.88 bits per heavy atom. The van der Waals surface area contributed by atoms with E-state index in [9.17, 15) is 14.4 Å². The van der Waals surface area contributed by atoms with Gasteiger partial charge < -0.3 is 14.2 Å². The van der Waals surface area contributed by atoms with Gasteiger partial charge in [0.1, 0.15) is 12.2 Å². The van der Waals surface area contributed by atoms with Crippen LogP contribution in [0.25, 0.3) is 0 Å². The van der Waals surface area contributed by atoms with Gasteiger partial charge in [0.25, 0.3) is 0 Å². The summed E-state index contributed by atoms with van der Waals surface area (Å²) in [7, 11) is 0. The average Bonchev–Trinajstić information content (AvgIpc) is 2.75. The fourth-order valence-electron chi connectivity index (χ4n) is 5.88. The molecular formula is C26H26O6. The average molecular weight is 434 g/mol. The Kier molecular flexibility index (Phi) is 4.75. The molecule has 1 saturated heterocycles. The number of aryl methyl sites for hydroxylation is 1. The molecule has 2 aliphatic carbocycles. The lowest BCUT2D eigenvalue weighted by Gasteiger charge is -2.62. The highest BCUT2D eigenvalue weighted by Crippen LogP contribution is 2.62. The molecule has 1 aliphatic heterocycles. The fraction of sp³-hybridized carbons (Fsp3) is 0.423. The van der Waals surface area contributed by atoms with Crippen LogP contribution in [0.4, 0.5) is 0 Å². The summed E-state index contributed by atoms with van der Waals surface area (Å²) < 4.78 is 17.9. The van der Waals surface area contributed by atoms with Gasteiger partial charge in [-0.3, -0.25) is 9.59 Å². The zero-order chi connectivity index (χ0) is 22.7. The molecule has 0 bridgehead atoms. The second-order valence-electron chi connectivity index (χ2n) is 9.39. The number of rotatable bonds is 3. The molecule has 0 spiro atoms. The van der Waals surface area contributed by atoms with Crippen molar-refractivity contribution in [2.24, 2.45) is 11.3 Å². The van der Waals surface area contributed by atoms with Gasteiger partial charge in [0.2, 0.25) is 0 Å². The zero-order valence-corrected chi connectivity index (χ0v) is 18.4. The van der Waals surface area contributed by atoms with Gasteiger partial charge in [-0.05, 0) is 31.9 Å². The summed E-state index contributed by atoms with van der Waals surface area (Å²) in [6.07, 6.45) is 0.108. The molecule has 166 valence electrons. The van der Waals surface area contributed by atoms with Crippen molar-refractivity contribution in [3.05, 3.63) is 70.8 Å². The maximum atomic E-state index is 13.8. The molecule has 1 heterocycles. The highest BCUT2D eigenvalue weighted by Gasteiger charge is 2.71. The minimum Gasteiger partial charge on any atom is -0.453 e. The van der Waals surface area contributed by atoms with Crippen molar-refractivity contribution in [1.29, 1.82) is 0 Å². The molecule has 2 aromatic carbocycles. The van der Waals surface area contributed by atoms with E-state index < -0.39 is 35.0 Å². The first-order chi connectivity index (χ1) is 15.3. The van der Waals surface area contributed by atoms with Gasteiger partial charge in [-0.1, -0.05) is 48.9 Å². The number of ether oxygens (including phenoxy) is 3. The Labute approximate surface area is 186 Å². The van der Waals surface area contributed by atoms with E-state index in [2.05, 4.69) is 0 Å². The molecule has 5 rings (SSSR count). The molecular weight excluding hydrogens is 408 g/mol. The molecule has 2 fully saturated rings. The smallest absolute Gasteiger partial charge is 0.338 e. The number of ketones is 1. The minimum absolute atomic E-state index is 0.00128. The van der Waals surface area contributed by atoms with E-state index in [4.69, 9.17) is 14.2 Å². The Hall–Kier alpha value is -2.99. The standard InChI is InChI=1S/C26H26O6/c1-15-9-10-18-19(13-15)21(31-24(29)17-7-5-4-6-8-17)22-25(3,23(18)28)12-11-20-26(22,14-30-20)32-16(2)27/h4-10,13,20-22H,11-12,14H2,1-3H3/t20-,21-,22+,25+,26+/m1/s1. The van der Waals surface area contributed by atoms with Crippen LogP contribution in [0.2, 0.25) is 0 Å². The number of esters is 2. The number of carbonyl (C=O) groups excluding carboxylic acids is 3. The van der Waals surface area contributed by atoms with Gasteiger partial charge in [0, 0.05) is 23.5 Å². The van der Waals surface area contributed by atoms with Gasteiger partial charge in [0.05, 0.1) is 18.1 Å². The quantitative estimate of drug-likeness (QED) is 0.674. The molecule has 0 aromatic heterocycles. The van der Waals surface area contributed by atoms with E-state index in [1.807, 2.05) is 38.1 Å². The lowest BCUT2D eigenvalue weighted by Crippen LogP contribution is -2.73. The molecule has 0 unspecified atom stereocenters. The van der Waals surface area contributed by atoms with Crippen molar-refractivity contribution in [2.45, 2.75) is 51.4 Å². The maximum absolute atomic E-state index is 13.8. The van der Waals surface area contributed by atoms with Crippen molar-refractivity contribution in [3.63, 3.8) is 0 Å². The van der Waals surface area contributed by atoms with Crippen LogP contribution in [0.3, 0.4) is 0 Å². The molecule has 5 atom stereocenters. The summed E-state index contributed by atoms with van der Waals surface area (Å²) in [5, 5.41) is 0. The van der Waals surface area contributed by atoms with Crippen molar-refractivity contribution in [2.75, 3.05) is 6.61 Å². The SMILES string of the molecule is CC(=O)O[C@@]12CO[C@@H]1CC[C@]1(C)C(=O)c3ccc(C)cc3[C@@H](OC(=O)c3ccccc3)[C@H]21. The molecule has 32 heavy (non-hydrogen) atoms. The van der Waals surface area contributed by atoms with E-state index >= 15 is 0 Å². The van der Waals surface area contributed by atoms with Crippen molar-refractivity contribution < 1.29 is 28.6 Å². The topological polar surface area (TPSA) is 78.9 Å². The van der Waals surface area contributed by atoms with Crippen LogP contribution in [0.5, 0.6) is 0 Å². The third-order valence-corrected chi connectivity index (χ3v) is 7.35. The second-order valence-corrected chi connectivity index (χ2v) is 9.39. The highest BCUT2D eigenvalue weighted by atomic mass is 16.6. The predicted molar refractivity (Wildman–Crippen MR) is 115 cm³/mol. The highest BCUT2D eigenvalue weighted by molar-refractivity contribution is 6.04. The Bertz CT molecular complexity index is 1110.